The van der Waals surface area contributed by atoms with Crippen molar-refractivity contribution in [2.45, 2.75) is 45.4 Å². The van der Waals surface area contributed by atoms with Gasteiger partial charge in [0.2, 0.25) is 0 Å². The van der Waals surface area contributed by atoms with Crippen molar-refractivity contribution in [3.8, 4) is 0 Å². The highest BCUT2D eigenvalue weighted by atomic mass is 16.5. The molecule has 0 bridgehead atoms. The van der Waals surface area contributed by atoms with Crippen LogP contribution in [-0.2, 0) is 14.3 Å². The van der Waals surface area contributed by atoms with Gasteiger partial charge in [-0.05, 0) is 26.8 Å². The molecule has 1 aliphatic rings. The number of hydrogen-bond donors (Lipinski definition) is 1. The third kappa shape index (κ3) is 4.92. The van der Waals surface area contributed by atoms with E-state index in [4.69, 9.17) is 9.47 Å². The maximum absolute atomic E-state index is 11.6. The van der Waals surface area contributed by atoms with Crippen LogP contribution in [0.4, 0.5) is 0 Å². The quantitative estimate of drug-likeness (QED) is 0.708. The molecule has 0 aliphatic carbocycles. The standard InChI is InChI=1S/C13H26N2O3/c1-5-14-12(13(16)17-4)6-7-15-8-10(2)18-11(3)9-15/h10-12,14H,5-9H2,1-4H3. The summed E-state index contributed by atoms with van der Waals surface area (Å²) in [5, 5.41) is 3.16. The lowest BCUT2D eigenvalue weighted by Gasteiger charge is -2.35. The van der Waals surface area contributed by atoms with E-state index in [1.54, 1.807) is 0 Å². The Morgan fingerprint density at radius 3 is 2.56 bits per heavy atom. The number of likely N-dealkylation sites (N-methyl/N-ethyl adjacent to an activating group) is 1. The lowest BCUT2D eigenvalue weighted by molar-refractivity contribution is -0.143. The highest BCUT2D eigenvalue weighted by Gasteiger charge is 2.24. The molecule has 0 aromatic carbocycles. The molecule has 0 spiro atoms. The monoisotopic (exact) mass is 258 g/mol. The van der Waals surface area contributed by atoms with Gasteiger partial charge in [-0.25, -0.2) is 0 Å². The minimum atomic E-state index is -0.201. The van der Waals surface area contributed by atoms with Crippen molar-refractivity contribution >= 4 is 5.97 Å². The third-order valence-corrected chi connectivity index (χ3v) is 3.17. The third-order valence-electron chi connectivity index (χ3n) is 3.17. The van der Waals surface area contributed by atoms with Crippen molar-refractivity contribution < 1.29 is 14.3 Å². The van der Waals surface area contributed by atoms with Crippen LogP contribution < -0.4 is 5.32 Å². The van der Waals surface area contributed by atoms with E-state index in [1.165, 1.54) is 7.11 Å². The maximum atomic E-state index is 11.6. The van der Waals surface area contributed by atoms with E-state index in [0.29, 0.717) is 0 Å². The zero-order valence-electron chi connectivity index (χ0n) is 11.9. The molecule has 1 aliphatic heterocycles. The molecule has 0 amide bonds. The number of hydrogen-bond acceptors (Lipinski definition) is 5. The molecule has 106 valence electrons. The number of esters is 1. The summed E-state index contributed by atoms with van der Waals surface area (Å²) in [6.07, 6.45) is 1.31. The number of methoxy groups -OCH3 is 1. The molecule has 1 saturated heterocycles. The first-order valence-electron chi connectivity index (χ1n) is 6.75. The predicted molar refractivity (Wildman–Crippen MR) is 70.5 cm³/mol. The second kappa shape index (κ2) is 7.71. The van der Waals surface area contributed by atoms with Crippen LogP contribution in [0.25, 0.3) is 0 Å². The van der Waals surface area contributed by atoms with Gasteiger partial charge in [-0.2, -0.15) is 0 Å². The predicted octanol–water partition coefficient (Wildman–Crippen LogP) is 0.637. The van der Waals surface area contributed by atoms with Crippen molar-refractivity contribution in [1.82, 2.24) is 10.2 Å². The Hall–Kier alpha value is -0.650. The van der Waals surface area contributed by atoms with Crippen LogP contribution in [0.1, 0.15) is 27.2 Å². The number of nitrogens with one attached hydrogen (secondary N) is 1. The molecule has 5 heteroatoms. The second-order valence-corrected chi connectivity index (χ2v) is 4.94. The van der Waals surface area contributed by atoms with Crippen LogP contribution in [-0.4, -0.2) is 62.4 Å². The van der Waals surface area contributed by atoms with Gasteiger partial charge in [0.1, 0.15) is 6.04 Å². The molecule has 1 N–H and O–H groups in total. The highest BCUT2D eigenvalue weighted by Crippen LogP contribution is 2.11. The first kappa shape index (κ1) is 15.4. The topological polar surface area (TPSA) is 50.8 Å². The van der Waals surface area contributed by atoms with E-state index < -0.39 is 0 Å². The van der Waals surface area contributed by atoms with Gasteiger partial charge in [-0.1, -0.05) is 6.92 Å². The molecular weight excluding hydrogens is 232 g/mol. The minimum absolute atomic E-state index is 0.175. The largest absolute Gasteiger partial charge is 0.468 e. The minimum Gasteiger partial charge on any atom is -0.468 e. The number of nitrogens with zero attached hydrogens (tertiary/aromatic N) is 1. The first-order valence-corrected chi connectivity index (χ1v) is 6.75. The number of carbonyl (C=O) groups is 1. The van der Waals surface area contributed by atoms with Crippen molar-refractivity contribution in [3.63, 3.8) is 0 Å². The summed E-state index contributed by atoms with van der Waals surface area (Å²) in [7, 11) is 1.44. The van der Waals surface area contributed by atoms with Gasteiger partial charge in [-0.15, -0.1) is 0 Å². The van der Waals surface area contributed by atoms with Crippen LogP contribution in [0.15, 0.2) is 0 Å². The average molecular weight is 258 g/mol. The highest BCUT2D eigenvalue weighted by molar-refractivity contribution is 5.75. The van der Waals surface area contributed by atoms with Gasteiger partial charge in [-0.3, -0.25) is 9.69 Å². The summed E-state index contributed by atoms with van der Waals surface area (Å²) in [6, 6.07) is -0.201. The fraction of sp³-hybridized carbons (Fsp3) is 0.923. The normalized spacial score (nSPS) is 26.9. The van der Waals surface area contributed by atoms with E-state index in [1.807, 2.05) is 6.92 Å². The molecule has 3 unspecified atom stereocenters. The summed E-state index contributed by atoms with van der Waals surface area (Å²) in [5.41, 5.74) is 0. The maximum Gasteiger partial charge on any atom is 0.322 e. The van der Waals surface area contributed by atoms with E-state index in [-0.39, 0.29) is 24.2 Å². The van der Waals surface area contributed by atoms with Gasteiger partial charge in [0.15, 0.2) is 0 Å². The zero-order chi connectivity index (χ0) is 13.5. The van der Waals surface area contributed by atoms with Crippen LogP contribution in [0.2, 0.25) is 0 Å². The van der Waals surface area contributed by atoms with Crippen LogP contribution in [0.5, 0.6) is 0 Å². The Labute approximate surface area is 110 Å². The molecule has 0 aromatic heterocycles. The Bertz CT molecular complexity index is 251. The van der Waals surface area contributed by atoms with Crippen molar-refractivity contribution in [3.05, 3.63) is 0 Å². The van der Waals surface area contributed by atoms with Crippen LogP contribution >= 0.6 is 0 Å². The summed E-state index contributed by atoms with van der Waals surface area (Å²) >= 11 is 0. The molecule has 0 radical (unpaired) electrons. The van der Waals surface area contributed by atoms with E-state index >= 15 is 0 Å². The Balaban J connectivity index is 2.38. The van der Waals surface area contributed by atoms with Crippen LogP contribution in [0, 0.1) is 0 Å². The number of carbonyl (C=O) groups excluding carboxylic acids is 1. The molecule has 5 nitrogen and oxygen atoms in total. The van der Waals surface area contributed by atoms with E-state index in [2.05, 4.69) is 24.1 Å². The van der Waals surface area contributed by atoms with Gasteiger partial charge < -0.3 is 14.8 Å². The Kier molecular flexibility index (Phi) is 6.60. The number of ether oxygens (including phenoxy) is 2. The Morgan fingerprint density at radius 1 is 1.44 bits per heavy atom. The summed E-state index contributed by atoms with van der Waals surface area (Å²) in [4.78, 5) is 13.9. The van der Waals surface area contributed by atoms with E-state index in [0.717, 1.165) is 32.6 Å². The first-order chi connectivity index (χ1) is 8.56. The summed E-state index contributed by atoms with van der Waals surface area (Å²) in [5.74, 6) is -0.175. The molecule has 1 fully saturated rings. The van der Waals surface area contributed by atoms with Gasteiger partial charge >= 0.3 is 5.97 Å². The lowest BCUT2D eigenvalue weighted by Crippen LogP contribution is -2.48. The SMILES string of the molecule is CCNC(CCN1CC(C)OC(C)C1)C(=O)OC. The van der Waals surface area contributed by atoms with Gasteiger partial charge in [0, 0.05) is 19.6 Å². The molecule has 0 aromatic rings. The summed E-state index contributed by atoms with van der Waals surface area (Å²) in [6.45, 7) is 9.71. The lowest BCUT2D eigenvalue weighted by atomic mass is 10.1. The van der Waals surface area contributed by atoms with Gasteiger partial charge in [0.05, 0.1) is 19.3 Å². The van der Waals surface area contributed by atoms with Crippen molar-refractivity contribution in [1.29, 1.82) is 0 Å². The van der Waals surface area contributed by atoms with Crippen molar-refractivity contribution in [2.24, 2.45) is 0 Å². The Morgan fingerprint density at radius 2 is 2.06 bits per heavy atom. The zero-order valence-corrected chi connectivity index (χ0v) is 11.9. The molecule has 1 heterocycles. The fourth-order valence-electron chi connectivity index (χ4n) is 2.47. The molecular formula is C13H26N2O3. The second-order valence-electron chi connectivity index (χ2n) is 4.94. The van der Waals surface area contributed by atoms with Gasteiger partial charge in [0.25, 0.3) is 0 Å². The fourth-order valence-corrected chi connectivity index (χ4v) is 2.47. The van der Waals surface area contributed by atoms with Crippen LogP contribution in [0.3, 0.4) is 0 Å². The molecule has 18 heavy (non-hydrogen) atoms. The summed E-state index contributed by atoms with van der Waals surface area (Å²) < 4.78 is 10.5. The van der Waals surface area contributed by atoms with Crippen molar-refractivity contribution in [2.75, 3.05) is 33.3 Å². The molecule has 1 rings (SSSR count). The smallest absolute Gasteiger partial charge is 0.322 e. The van der Waals surface area contributed by atoms with E-state index in [9.17, 15) is 4.79 Å². The molecule has 3 atom stereocenters. The number of rotatable bonds is 6. The average Bonchev–Trinajstić information content (AvgIpc) is 2.32. The molecule has 0 saturated carbocycles. The number of morpholine rings is 1.